The predicted octanol–water partition coefficient (Wildman–Crippen LogP) is 4.15. The van der Waals surface area contributed by atoms with Crippen molar-refractivity contribution in [2.75, 3.05) is 24.5 Å². The van der Waals surface area contributed by atoms with E-state index in [4.69, 9.17) is 23.2 Å². The number of halogens is 2. The number of anilines is 1. The lowest BCUT2D eigenvalue weighted by molar-refractivity contribution is -0.167. The Balaban J connectivity index is 1.26. The molecular formula is C23H29Cl2N3O2. The number of piperidine rings is 1. The highest BCUT2D eigenvalue weighted by Crippen LogP contribution is 2.59. The van der Waals surface area contributed by atoms with Crippen molar-refractivity contribution in [2.24, 2.45) is 23.2 Å². The summed E-state index contributed by atoms with van der Waals surface area (Å²) in [6.07, 6.45) is 9.76. The molecule has 1 spiro atoms. The number of carbonyl (C=O) groups excluding carboxylic acids is 1. The van der Waals surface area contributed by atoms with E-state index in [0.29, 0.717) is 40.3 Å². The fourth-order valence-electron chi connectivity index (χ4n) is 7.89. The molecule has 6 fully saturated rings. The van der Waals surface area contributed by atoms with Crippen LogP contribution in [-0.2, 0) is 4.79 Å². The summed E-state index contributed by atoms with van der Waals surface area (Å²) < 4.78 is 0. The van der Waals surface area contributed by atoms with E-state index < -0.39 is 0 Å². The molecule has 3 heterocycles. The van der Waals surface area contributed by atoms with Crippen LogP contribution in [-0.4, -0.2) is 52.2 Å². The van der Waals surface area contributed by atoms with Gasteiger partial charge in [0.05, 0.1) is 21.6 Å². The van der Waals surface area contributed by atoms with Crippen LogP contribution in [0.3, 0.4) is 0 Å². The standard InChI is InChI=1S/C23H29Cl2N3O2/c24-17-8-18(25)20(26-12-17)27-4-1-2-22(13-27)3-5-28(21(22)30)23-9-14-6-15(10-23)19(29)16(7-14)11-23/h8,12,14-16,19,29H,1-7,9-11,13H2. The van der Waals surface area contributed by atoms with Crippen LogP contribution < -0.4 is 4.90 Å². The lowest BCUT2D eigenvalue weighted by Gasteiger charge is -2.61. The second-order valence-corrected chi connectivity index (χ2v) is 11.5. The maximum Gasteiger partial charge on any atom is 0.231 e. The molecular weight excluding hydrogens is 421 g/mol. The first kappa shape index (κ1) is 19.6. The zero-order valence-corrected chi connectivity index (χ0v) is 18.7. The molecule has 0 radical (unpaired) electrons. The molecule has 2 aliphatic heterocycles. The molecule has 0 aromatic carbocycles. The van der Waals surface area contributed by atoms with E-state index in [2.05, 4.69) is 14.8 Å². The molecule has 5 nitrogen and oxygen atoms in total. The van der Waals surface area contributed by atoms with Crippen LogP contribution in [0.4, 0.5) is 5.82 Å². The summed E-state index contributed by atoms with van der Waals surface area (Å²) >= 11 is 12.5. The van der Waals surface area contributed by atoms with Crippen LogP contribution in [0.2, 0.25) is 10.0 Å². The Morgan fingerprint density at radius 2 is 1.87 bits per heavy atom. The molecule has 162 valence electrons. The number of aliphatic hydroxyl groups is 1. The molecule has 3 atom stereocenters. The van der Waals surface area contributed by atoms with Crippen molar-refractivity contribution in [3.63, 3.8) is 0 Å². The monoisotopic (exact) mass is 449 g/mol. The first-order valence-electron chi connectivity index (χ1n) is 11.5. The van der Waals surface area contributed by atoms with Crippen molar-refractivity contribution < 1.29 is 9.90 Å². The first-order valence-corrected chi connectivity index (χ1v) is 12.2. The van der Waals surface area contributed by atoms with E-state index in [-0.39, 0.29) is 17.1 Å². The van der Waals surface area contributed by atoms with Gasteiger partial charge in [0.1, 0.15) is 5.82 Å². The fourth-order valence-corrected chi connectivity index (χ4v) is 8.39. The third-order valence-electron chi connectivity index (χ3n) is 8.94. The van der Waals surface area contributed by atoms with Crippen LogP contribution in [0.25, 0.3) is 0 Å². The zero-order valence-electron chi connectivity index (χ0n) is 17.2. The van der Waals surface area contributed by atoms with Gasteiger partial charge in [-0.05, 0) is 75.2 Å². The number of carbonyl (C=O) groups is 1. The number of aromatic nitrogens is 1. The second kappa shape index (κ2) is 6.73. The van der Waals surface area contributed by atoms with Gasteiger partial charge in [-0.15, -0.1) is 0 Å². The lowest BCUT2D eigenvalue weighted by Crippen LogP contribution is -2.65. The molecule has 7 rings (SSSR count). The number of hydrogen-bond donors (Lipinski definition) is 1. The van der Waals surface area contributed by atoms with E-state index in [1.54, 1.807) is 12.3 Å². The van der Waals surface area contributed by atoms with E-state index in [1.165, 1.54) is 0 Å². The molecule has 1 aromatic heterocycles. The summed E-state index contributed by atoms with van der Waals surface area (Å²) in [7, 11) is 0. The number of likely N-dealkylation sites (tertiary alicyclic amines) is 1. The van der Waals surface area contributed by atoms with E-state index in [9.17, 15) is 9.90 Å². The van der Waals surface area contributed by atoms with Crippen LogP contribution in [0.15, 0.2) is 12.3 Å². The highest BCUT2D eigenvalue weighted by atomic mass is 35.5. The lowest BCUT2D eigenvalue weighted by atomic mass is 9.51. The molecule has 4 saturated carbocycles. The molecule has 2 saturated heterocycles. The Kier molecular flexibility index (Phi) is 4.40. The van der Waals surface area contributed by atoms with Crippen molar-refractivity contribution in [3.8, 4) is 0 Å². The SMILES string of the molecule is O=C1N(C23CC4CC(C2)C(O)C(C4)C3)CCC12CCCN(c1ncc(Cl)cc1Cl)C2. The Labute approximate surface area is 187 Å². The van der Waals surface area contributed by atoms with Gasteiger partial charge in [0.25, 0.3) is 0 Å². The summed E-state index contributed by atoms with van der Waals surface area (Å²) in [4.78, 5) is 22.9. The summed E-state index contributed by atoms with van der Waals surface area (Å²) in [6, 6.07) is 1.73. The van der Waals surface area contributed by atoms with Crippen LogP contribution in [0.1, 0.15) is 51.4 Å². The highest BCUT2D eigenvalue weighted by molar-refractivity contribution is 6.36. The van der Waals surface area contributed by atoms with Gasteiger partial charge in [0, 0.05) is 31.4 Å². The van der Waals surface area contributed by atoms with Gasteiger partial charge in [0.2, 0.25) is 5.91 Å². The van der Waals surface area contributed by atoms with Crippen molar-refractivity contribution in [3.05, 3.63) is 22.3 Å². The summed E-state index contributed by atoms with van der Waals surface area (Å²) in [5.41, 5.74) is -0.334. The van der Waals surface area contributed by atoms with Gasteiger partial charge in [-0.2, -0.15) is 0 Å². The number of amides is 1. The average Bonchev–Trinajstić information content (AvgIpc) is 3.01. The summed E-state index contributed by atoms with van der Waals surface area (Å²) in [5, 5.41) is 11.7. The van der Waals surface area contributed by atoms with Gasteiger partial charge >= 0.3 is 0 Å². The number of hydrogen-bond acceptors (Lipinski definition) is 4. The molecule has 30 heavy (non-hydrogen) atoms. The fraction of sp³-hybridized carbons (Fsp3) is 0.739. The number of rotatable bonds is 2. The van der Waals surface area contributed by atoms with Crippen molar-refractivity contribution in [1.82, 2.24) is 9.88 Å². The largest absolute Gasteiger partial charge is 0.393 e. The number of pyridine rings is 1. The summed E-state index contributed by atoms with van der Waals surface area (Å²) in [5.74, 6) is 2.55. The molecule has 1 amide bonds. The quantitative estimate of drug-likeness (QED) is 0.736. The Bertz CT molecular complexity index is 879. The Hall–Kier alpha value is -1.04. The minimum absolute atomic E-state index is 0.00520. The summed E-state index contributed by atoms with van der Waals surface area (Å²) in [6.45, 7) is 2.41. The molecule has 4 bridgehead atoms. The van der Waals surface area contributed by atoms with Gasteiger partial charge < -0.3 is 14.9 Å². The second-order valence-electron chi connectivity index (χ2n) is 10.7. The number of nitrogens with zero attached hydrogens (tertiary/aromatic N) is 3. The molecule has 3 unspecified atom stereocenters. The number of aliphatic hydroxyl groups excluding tert-OH is 1. The molecule has 1 aromatic rings. The maximum atomic E-state index is 14.0. The zero-order chi connectivity index (χ0) is 20.7. The predicted molar refractivity (Wildman–Crippen MR) is 117 cm³/mol. The third-order valence-corrected chi connectivity index (χ3v) is 9.43. The maximum absolute atomic E-state index is 14.0. The van der Waals surface area contributed by atoms with E-state index in [1.807, 2.05) is 0 Å². The highest BCUT2D eigenvalue weighted by Gasteiger charge is 2.62. The smallest absolute Gasteiger partial charge is 0.231 e. The van der Waals surface area contributed by atoms with Crippen LogP contribution >= 0.6 is 23.2 Å². The average molecular weight is 450 g/mol. The van der Waals surface area contributed by atoms with Crippen molar-refractivity contribution in [2.45, 2.75) is 63.0 Å². The van der Waals surface area contributed by atoms with Crippen molar-refractivity contribution >= 4 is 34.9 Å². The topological polar surface area (TPSA) is 56.7 Å². The molecule has 7 heteroatoms. The van der Waals surface area contributed by atoms with E-state index >= 15 is 0 Å². The first-order chi connectivity index (χ1) is 14.4. The van der Waals surface area contributed by atoms with Gasteiger partial charge in [-0.25, -0.2) is 4.98 Å². The van der Waals surface area contributed by atoms with E-state index in [0.717, 1.165) is 70.3 Å². The molecule has 1 N–H and O–H groups in total. The minimum atomic E-state index is -0.329. The Morgan fingerprint density at radius 1 is 1.10 bits per heavy atom. The molecule has 4 aliphatic carbocycles. The van der Waals surface area contributed by atoms with Crippen LogP contribution in [0.5, 0.6) is 0 Å². The Morgan fingerprint density at radius 3 is 2.60 bits per heavy atom. The molecule has 6 aliphatic rings. The van der Waals surface area contributed by atoms with Gasteiger partial charge in [-0.1, -0.05) is 23.2 Å². The van der Waals surface area contributed by atoms with Gasteiger partial charge in [0.15, 0.2) is 0 Å². The van der Waals surface area contributed by atoms with Crippen molar-refractivity contribution in [1.29, 1.82) is 0 Å². The third kappa shape index (κ3) is 2.77. The van der Waals surface area contributed by atoms with Gasteiger partial charge in [-0.3, -0.25) is 4.79 Å². The minimum Gasteiger partial charge on any atom is -0.393 e. The van der Waals surface area contributed by atoms with Crippen LogP contribution in [0, 0.1) is 23.2 Å². The normalized spacial score (nSPS) is 42.6.